The highest BCUT2D eigenvalue weighted by Crippen LogP contribution is 2.32. The second-order valence-electron chi connectivity index (χ2n) is 10.2. The molecule has 0 aliphatic carbocycles. The maximum Gasteiger partial charge on any atom is 0.323 e. The number of carboxylic acid groups (broad SMARTS) is 1. The fraction of sp³-hybridized carbons (Fsp3) is 0.258. The summed E-state index contributed by atoms with van der Waals surface area (Å²) in [6.07, 6.45) is 5.15. The van der Waals surface area contributed by atoms with Crippen molar-refractivity contribution in [3.63, 3.8) is 0 Å². The fourth-order valence-corrected chi connectivity index (χ4v) is 6.19. The predicted octanol–water partition coefficient (Wildman–Crippen LogP) is 3.80. The Morgan fingerprint density at radius 3 is 2.33 bits per heavy atom. The van der Waals surface area contributed by atoms with Gasteiger partial charge in [0.2, 0.25) is 15.9 Å². The lowest BCUT2D eigenvalue weighted by Crippen LogP contribution is -2.43. The van der Waals surface area contributed by atoms with E-state index in [2.05, 4.69) is 9.82 Å². The predicted molar refractivity (Wildman–Crippen MR) is 155 cm³/mol. The van der Waals surface area contributed by atoms with Crippen LogP contribution in [-0.4, -0.2) is 52.7 Å². The lowest BCUT2D eigenvalue weighted by Gasteiger charge is -2.24. The van der Waals surface area contributed by atoms with E-state index in [0.717, 1.165) is 35.3 Å². The van der Waals surface area contributed by atoms with E-state index >= 15 is 0 Å². The molecule has 2 atom stereocenters. The van der Waals surface area contributed by atoms with Gasteiger partial charge in [-0.25, -0.2) is 8.42 Å². The van der Waals surface area contributed by atoms with Crippen LogP contribution in [0.15, 0.2) is 102 Å². The number of hydrogen-bond acceptors (Lipinski definition) is 6. The molecule has 2 N–H and O–H groups in total. The van der Waals surface area contributed by atoms with Gasteiger partial charge in [-0.2, -0.15) is 9.82 Å². The Hall–Kier alpha value is -4.48. The maximum atomic E-state index is 13.3. The van der Waals surface area contributed by atoms with E-state index in [-0.39, 0.29) is 29.8 Å². The number of carbonyl (C=O) groups is 2. The molecule has 1 aromatic heterocycles. The normalized spacial score (nSPS) is 15.8. The highest BCUT2D eigenvalue weighted by Gasteiger charge is 2.31. The van der Waals surface area contributed by atoms with Gasteiger partial charge in [0.1, 0.15) is 18.4 Å². The van der Waals surface area contributed by atoms with Crippen molar-refractivity contribution in [2.24, 2.45) is 0 Å². The number of sulfonamides is 1. The molecule has 218 valence electrons. The first-order valence-electron chi connectivity index (χ1n) is 13.7. The Bertz CT molecular complexity index is 1610. The van der Waals surface area contributed by atoms with Crippen molar-refractivity contribution >= 4 is 21.9 Å². The van der Waals surface area contributed by atoms with Crippen LogP contribution in [0.4, 0.5) is 0 Å². The summed E-state index contributed by atoms with van der Waals surface area (Å²) in [6.45, 7) is 0.849. The van der Waals surface area contributed by atoms with Crippen molar-refractivity contribution in [3.8, 4) is 5.75 Å². The summed E-state index contributed by atoms with van der Waals surface area (Å²) >= 11 is 0. The lowest BCUT2D eigenvalue weighted by atomic mass is 10.1. The Labute approximate surface area is 244 Å². The standard InChI is InChI=1S/C31H32N4O6S/c36-30(18-23-13-15-24(16-14-23)22-41-26-8-3-1-4-9-26)35-17-7-12-29(35)25-19-32-34(20-25)21-28(31(37)38)33-42(39,40)27-10-5-2-6-11-27/h1-6,8-11,13-16,19-20,28-29,33H,7,12,17-18,21-22H2,(H,37,38). The molecule has 1 fully saturated rings. The number of nitrogens with zero attached hydrogens (tertiary/aromatic N) is 3. The van der Waals surface area contributed by atoms with Gasteiger partial charge in [0.05, 0.1) is 30.1 Å². The van der Waals surface area contributed by atoms with Crippen LogP contribution < -0.4 is 9.46 Å². The molecule has 1 amide bonds. The van der Waals surface area contributed by atoms with E-state index in [9.17, 15) is 23.1 Å². The molecule has 10 nitrogen and oxygen atoms in total. The highest BCUT2D eigenvalue weighted by molar-refractivity contribution is 7.89. The molecule has 0 saturated carbocycles. The van der Waals surface area contributed by atoms with Crippen LogP contribution in [0, 0.1) is 0 Å². The van der Waals surface area contributed by atoms with Crippen LogP contribution in [-0.2, 0) is 39.2 Å². The number of carboxylic acids is 1. The van der Waals surface area contributed by atoms with Crippen LogP contribution in [0.1, 0.15) is 35.6 Å². The summed E-state index contributed by atoms with van der Waals surface area (Å²) in [5, 5.41) is 14.0. The Morgan fingerprint density at radius 1 is 0.976 bits per heavy atom. The fourth-order valence-electron chi connectivity index (χ4n) is 4.98. The molecule has 0 spiro atoms. The zero-order chi connectivity index (χ0) is 29.5. The SMILES string of the molecule is O=C(O)C(Cn1cc(C2CCCN2C(=O)Cc2ccc(COc3ccccc3)cc2)cn1)NS(=O)(=O)c1ccccc1. The number of ether oxygens (including phenoxy) is 1. The van der Waals surface area contributed by atoms with Crippen molar-refractivity contribution in [2.45, 2.75) is 49.4 Å². The van der Waals surface area contributed by atoms with E-state index in [1.54, 1.807) is 30.6 Å². The Morgan fingerprint density at radius 2 is 1.64 bits per heavy atom. The summed E-state index contributed by atoms with van der Waals surface area (Å²) in [5.41, 5.74) is 2.69. The second kappa shape index (κ2) is 13.0. The summed E-state index contributed by atoms with van der Waals surface area (Å²) in [5.74, 6) is -0.522. The number of hydrogen-bond donors (Lipinski definition) is 2. The van der Waals surface area contributed by atoms with Crippen LogP contribution in [0.2, 0.25) is 0 Å². The molecule has 1 aliphatic heterocycles. The summed E-state index contributed by atoms with van der Waals surface area (Å²) < 4.78 is 34.8. The third-order valence-electron chi connectivity index (χ3n) is 7.16. The van der Waals surface area contributed by atoms with Crippen molar-refractivity contribution in [2.75, 3.05) is 6.54 Å². The molecule has 4 aromatic rings. The van der Waals surface area contributed by atoms with E-state index in [1.807, 2.05) is 59.5 Å². The number of para-hydroxylation sites is 1. The van der Waals surface area contributed by atoms with E-state index in [0.29, 0.717) is 13.2 Å². The minimum Gasteiger partial charge on any atom is -0.489 e. The minimum atomic E-state index is -4.03. The highest BCUT2D eigenvalue weighted by atomic mass is 32.2. The zero-order valence-electron chi connectivity index (χ0n) is 22.9. The van der Waals surface area contributed by atoms with Gasteiger partial charge in [-0.15, -0.1) is 0 Å². The average molecular weight is 589 g/mol. The van der Waals surface area contributed by atoms with Crippen molar-refractivity contribution in [3.05, 3.63) is 114 Å². The van der Waals surface area contributed by atoms with Crippen molar-refractivity contribution < 1.29 is 27.9 Å². The Kier molecular flexibility index (Phi) is 8.99. The van der Waals surface area contributed by atoms with Gasteiger partial charge in [-0.3, -0.25) is 14.3 Å². The number of nitrogens with one attached hydrogen (secondary N) is 1. The number of benzene rings is 3. The molecule has 2 heterocycles. The van der Waals surface area contributed by atoms with Crippen LogP contribution in [0.3, 0.4) is 0 Å². The maximum absolute atomic E-state index is 13.3. The molecule has 1 saturated heterocycles. The number of aliphatic carboxylic acids is 1. The average Bonchev–Trinajstić information content (AvgIpc) is 3.67. The summed E-state index contributed by atoms with van der Waals surface area (Å²) in [6, 6.07) is 23.4. The largest absolute Gasteiger partial charge is 0.489 e. The molecule has 5 rings (SSSR count). The molecule has 2 unspecified atom stereocenters. The van der Waals surface area contributed by atoms with E-state index in [4.69, 9.17) is 4.74 Å². The molecular weight excluding hydrogens is 556 g/mol. The lowest BCUT2D eigenvalue weighted by molar-refractivity contribution is -0.139. The van der Waals surface area contributed by atoms with Gasteiger partial charge in [0.15, 0.2) is 0 Å². The topological polar surface area (TPSA) is 131 Å². The molecule has 42 heavy (non-hydrogen) atoms. The molecule has 1 aliphatic rings. The van der Waals surface area contributed by atoms with Gasteiger partial charge in [-0.1, -0.05) is 60.7 Å². The smallest absolute Gasteiger partial charge is 0.323 e. The van der Waals surface area contributed by atoms with Gasteiger partial charge >= 0.3 is 5.97 Å². The molecule has 11 heteroatoms. The van der Waals surface area contributed by atoms with Gasteiger partial charge in [0.25, 0.3) is 0 Å². The zero-order valence-corrected chi connectivity index (χ0v) is 23.7. The first-order chi connectivity index (χ1) is 20.3. The van der Waals surface area contributed by atoms with Crippen LogP contribution in [0.25, 0.3) is 0 Å². The number of aromatic nitrogens is 2. The summed E-state index contributed by atoms with van der Waals surface area (Å²) in [7, 11) is -4.03. The summed E-state index contributed by atoms with van der Waals surface area (Å²) in [4.78, 5) is 27.0. The number of likely N-dealkylation sites (tertiary alicyclic amines) is 1. The number of carbonyl (C=O) groups excluding carboxylic acids is 1. The molecule has 0 radical (unpaired) electrons. The second-order valence-corrected chi connectivity index (χ2v) is 11.9. The van der Waals surface area contributed by atoms with E-state index < -0.39 is 22.0 Å². The first kappa shape index (κ1) is 29.0. The van der Waals surface area contributed by atoms with Gasteiger partial charge < -0.3 is 14.7 Å². The van der Waals surface area contributed by atoms with Gasteiger partial charge in [0, 0.05) is 18.3 Å². The van der Waals surface area contributed by atoms with Crippen LogP contribution >= 0.6 is 0 Å². The Balaban J connectivity index is 1.19. The molecule has 3 aromatic carbocycles. The molecular formula is C31H32N4O6S. The van der Waals surface area contributed by atoms with Crippen LogP contribution in [0.5, 0.6) is 5.75 Å². The van der Waals surface area contributed by atoms with Crippen molar-refractivity contribution in [1.29, 1.82) is 0 Å². The van der Waals surface area contributed by atoms with Gasteiger partial charge in [-0.05, 0) is 48.2 Å². The first-order valence-corrected chi connectivity index (χ1v) is 15.1. The number of amides is 1. The number of rotatable bonds is 12. The monoisotopic (exact) mass is 588 g/mol. The third kappa shape index (κ3) is 7.23. The third-order valence-corrected chi connectivity index (χ3v) is 8.64. The minimum absolute atomic E-state index is 0.00225. The quantitative estimate of drug-likeness (QED) is 0.257. The van der Waals surface area contributed by atoms with Crippen molar-refractivity contribution in [1.82, 2.24) is 19.4 Å². The van der Waals surface area contributed by atoms with E-state index in [1.165, 1.54) is 16.8 Å². The molecule has 0 bridgehead atoms.